The van der Waals surface area contributed by atoms with Crippen LogP contribution >= 0.6 is 0 Å². The van der Waals surface area contributed by atoms with E-state index in [0.717, 1.165) is 25.7 Å². The van der Waals surface area contributed by atoms with Gasteiger partial charge in [-0.3, -0.25) is 0 Å². The van der Waals surface area contributed by atoms with Crippen molar-refractivity contribution in [2.45, 2.75) is 31.9 Å². The third-order valence-corrected chi connectivity index (χ3v) is 1.37. The van der Waals surface area contributed by atoms with Gasteiger partial charge in [-0.05, 0) is 12.8 Å². The maximum Gasteiger partial charge on any atom is 2.00 e. The summed E-state index contributed by atoms with van der Waals surface area (Å²) in [7, 11) is 0. The molecule has 0 N–H and O–H groups in total. The van der Waals surface area contributed by atoms with Crippen molar-refractivity contribution in [1.29, 1.82) is 0 Å². The quantitative estimate of drug-likeness (QED) is 0.342. The van der Waals surface area contributed by atoms with Crippen molar-refractivity contribution in [1.82, 2.24) is 0 Å². The third-order valence-electron chi connectivity index (χ3n) is 1.37. The molecule has 0 aromatic rings. The number of rotatable bonds is 0. The van der Waals surface area contributed by atoms with Gasteiger partial charge in [0.1, 0.15) is 0 Å². The summed E-state index contributed by atoms with van der Waals surface area (Å²) in [6.07, 6.45) is 5.17. The van der Waals surface area contributed by atoms with Crippen LogP contribution in [0.25, 0.3) is 0 Å². The zero-order chi connectivity index (χ0) is 5.11. The van der Waals surface area contributed by atoms with Crippen LogP contribution in [0.15, 0.2) is 0 Å². The predicted molar refractivity (Wildman–Crippen MR) is 33.4 cm³/mol. The molecule has 50 valence electrons. The molecule has 0 atom stereocenters. The van der Waals surface area contributed by atoms with Gasteiger partial charge in [0.15, 0.2) is 0 Å². The van der Waals surface area contributed by atoms with E-state index in [2.05, 4.69) is 6.42 Å². The Balaban J connectivity index is 0. The molecule has 0 aromatic carbocycles. The molecule has 0 unspecified atom stereocenters. The Labute approximate surface area is 82.5 Å². The molecule has 0 amide bonds. The predicted octanol–water partition coefficient (Wildman–Crippen LogP) is -1.27. The number of halogens is 2. The van der Waals surface area contributed by atoms with Crippen LogP contribution in [0.2, 0.25) is 0 Å². The van der Waals surface area contributed by atoms with Crippen LogP contribution in [0.5, 0.6) is 0 Å². The molecule has 0 aliphatic heterocycles. The summed E-state index contributed by atoms with van der Waals surface area (Å²) in [5.74, 6) is 0. The van der Waals surface area contributed by atoms with Crippen LogP contribution in [-0.2, 0) is 0 Å². The van der Waals surface area contributed by atoms with Gasteiger partial charge in [-0.1, -0.05) is 0 Å². The molecule has 1 aliphatic rings. The van der Waals surface area contributed by atoms with Crippen LogP contribution in [0.3, 0.4) is 0 Å². The van der Waals surface area contributed by atoms with Crippen molar-refractivity contribution in [2.24, 2.45) is 0 Å². The van der Waals surface area contributed by atoms with E-state index in [1.807, 2.05) is 0 Å². The fourth-order valence-electron chi connectivity index (χ4n) is 0.886. The Kier molecular flexibility index (Phi) is 10.4. The van der Waals surface area contributed by atoms with Crippen LogP contribution in [0.1, 0.15) is 25.7 Å². The summed E-state index contributed by atoms with van der Waals surface area (Å²) in [5.41, 5.74) is 0. The Hall–Kier alpha value is 1.18. The molecular formula is C6H10BrFMg. The zero-order valence-corrected chi connectivity index (χ0v) is 8.45. The first-order valence-corrected chi connectivity index (χ1v) is 2.85. The van der Waals surface area contributed by atoms with Gasteiger partial charge < -0.3 is 23.4 Å². The Morgan fingerprint density at radius 2 is 1.67 bits per heavy atom. The smallest absolute Gasteiger partial charge is 1.00 e. The van der Waals surface area contributed by atoms with Gasteiger partial charge in [0.05, 0.1) is 6.17 Å². The molecule has 0 nitrogen and oxygen atoms in total. The zero-order valence-electron chi connectivity index (χ0n) is 5.45. The van der Waals surface area contributed by atoms with Crippen molar-refractivity contribution in [2.75, 3.05) is 0 Å². The van der Waals surface area contributed by atoms with Crippen molar-refractivity contribution in [3.05, 3.63) is 6.42 Å². The first-order valence-electron chi connectivity index (χ1n) is 2.85. The molecule has 1 aliphatic carbocycles. The second-order valence-corrected chi connectivity index (χ2v) is 2.04. The van der Waals surface area contributed by atoms with E-state index >= 15 is 0 Å². The van der Waals surface area contributed by atoms with Crippen LogP contribution in [0, 0.1) is 6.42 Å². The van der Waals surface area contributed by atoms with Crippen molar-refractivity contribution >= 4 is 23.1 Å². The molecule has 0 saturated heterocycles. The first kappa shape index (κ1) is 12.8. The SMILES string of the molecule is FC1CC[CH-]CC1.[Br-].[Mg+2]. The largest absolute Gasteiger partial charge is 2.00 e. The molecular weight excluding hydrogens is 195 g/mol. The normalized spacial score (nSPS) is 19.7. The first-order chi connectivity index (χ1) is 3.39. The molecule has 0 heterocycles. The van der Waals surface area contributed by atoms with Crippen LogP contribution < -0.4 is 17.0 Å². The van der Waals surface area contributed by atoms with E-state index in [4.69, 9.17) is 0 Å². The number of alkyl halides is 1. The standard InChI is InChI=1S/C6H10F.BrH.Mg/c7-6-4-2-1-3-5-6;;/h1,6H,2-5H2;1H;/q-1;;+2/p-1. The minimum absolute atomic E-state index is 0. The summed E-state index contributed by atoms with van der Waals surface area (Å²) >= 11 is 0. The maximum atomic E-state index is 12.2. The summed E-state index contributed by atoms with van der Waals surface area (Å²) in [5, 5.41) is 0. The Bertz CT molecular complexity index is 55.0. The molecule has 9 heavy (non-hydrogen) atoms. The molecule has 0 aromatic heterocycles. The maximum absolute atomic E-state index is 12.2. The van der Waals surface area contributed by atoms with Crippen molar-refractivity contribution in [3.8, 4) is 0 Å². The van der Waals surface area contributed by atoms with E-state index < -0.39 is 6.17 Å². The van der Waals surface area contributed by atoms with E-state index in [0.29, 0.717) is 0 Å². The third kappa shape index (κ3) is 5.61. The second kappa shape index (κ2) is 7.29. The van der Waals surface area contributed by atoms with E-state index in [-0.39, 0.29) is 40.0 Å². The monoisotopic (exact) mass is 204 g/mol. The van der Waals surface area contributed by atoms with Gasteiger partial charge in [0.2, 0.25) is 0 Å². The number of hydrogen-bond acceptors (Lipinski definition) is 0. The van der Waals surface area contributed by atoms with E-state index in [9.17, 15) is 4.39 Å². The fourth-order valence-corrected chi connectivity index (χ4v) is 0.886. The summed E-state index contributed by atoms with van der Waals surface area (Å²) in [4.78, 5) is 0. The van der Waals surface area contributed by atoms with E-state index in [1.54, 1.807) is 0 Å². The van der Waals surface area contributed by atoms with Crippen LogP contribution in [0.4, 0.5) is 4.39 Å². The summed E-state index contributed by atoms with van der Waals surface area (Å²) < 4.78 is 12.2. The minimum Gasteiger partial charge on any atom is -1.00 e. The van der Waals surface area contributed by atoms with Crippen LogP contribution in [-0.4, -0.2) is 29.2 Å². The topological polar surface area (TPSA) is 0 Å². The Morgan fingerprint density at radius 3 is 1.89 bits per heavy atom. The van der Waals surface area contributed by atoms with Crippen molar-refractivity contribution < 1.29 is 21.4 Å². The fraction of sp³-hybridized carbons (Fsp3) is 0.833. The molecule has 0 bridgehead atoms. The van der Waals surface area contributed by atoms with Gasteiger partial charge in [0.25, 0.3) is 0 Å². The Morgan fingerprint density at radius 1 is 1.22 bits per heavy atom. The van der Waals surface area contributed by atoms with E-state index in [1.165, 1.54) is 0 Å². The van der Waals surface area contributed by atoms with Gasteiger partial charge >= 0.3 is 23.1 Å². The molecule has 1 saturated carbocycles. The van der Waals surface area contributed by atoms with Gasteiger partial charge in [-0.2, -0.15) is 12.8 Å². The molecule has 1 rings (SSSR count). The average Bonchev–Trinajstić information content (AvgIpc) is 1.69. The number of hydrogen-bond donors (Lipinski definition) is 0. The molecule has 0 radical (unpaired) electrons. The molecule has 3 heteroatoms. The van der Waals surface area contributed by atoms with Gasteiger partial charge in [-0.15, -0.1) is 0 Å². The van der Waals surface area contributed by atoms with Gasteiger partial charge in [0, 0.05) is 0 Å². The second-order valence-electron chi connectivity index (χ2n) is 2.04. The minimum atomic E-state index is -0.495. The van der Waals surface area contributed by atoms with Gasteiger partial charge in [-0.25, -0.2) is 4.39 Å². The molecule has 1 fully saturated rings. The summed E-state index contributed by atoms with van der Waals surface area (Å²) in [6.45, 7) is 0. The molecule has 0 spiro atoms. The van der Waals surface area contributed by atoms with Crippen molar-refractivity contribution in [3.63, 3.8) is 0 Å². The average molecular weight is 205 g/mol. The summed E-state index contributed by atoms with van der Waals surface area (Å²) in [6, 6.07) is 0.